The molecule has 0 radical (unpaired) electrons. The molecule has 39 heavy (non-hydrogen) atoms. The number of nitrogens with zero attached hydrogens (tertiary/aromatic N) is 5. The number of anilines is 1. The van der Waals surface area contributed by atoms with Crippen LogP contribution in [0.25, 0.3) is 0 Å². The van der Waals surface area contributed by atoms with Crippen molar-refractivity contribution in [1.29, 1.82) is 0 Å². The second-order valence-corrected chi connectivity index (χ2v) is 10.7. The fraction of sp³-hybridized carbons (Fsp3) is 0.467. The molecule has 0 bridgehead atoms. The number of aromatic nitrogens is 2. The van der Waals surface area contributed by atoms with Gasteiger partial charge in [-0.25, -0.2) is 4.39 Å². The molecule has 0 aliphatic carbocycles. The smallest absolute Gasteiger partial charge is 0.259 e. The SMILES string of the molecule is Cc1noc(C)c1CC(=O)N1CCCN(CC(C)C)CCCN(C(=O)c2cccnc2)c2ccc(F)cc2C1. The van der Waals surface area contributed by atoms with E-state index in [0.29, 0.717) is 47.3 Å². The summed E-state index contributed by atoms with van der Waals surface area (Å²) < 4.78 is 19.8. The Morgan fingerprint density at radius 2 is 1.85 bits per heavy atom. The van der Waals surface area contributed by atoms with E-state index in [9.17, 15) is 14.0 Å². The van der Waals surface area contributed by atoms with Crippen LogP contribution in [0.5, 0.6) is 0 Å². The van der Waals surface area contributed by atoms with Crippen LogP contribution < -0.4 is 4.90 Å². The molecule has 0 fully saturated rings. The number of halogens is 1. The predicted molar refractivity (Wildman–Crippen MR) is 148 cm³/mol. The molecule has 1 aliphatic rings. The molecule has 208 valence electrons. The number of hydrogen-bond donors (Lipinski definition) is 0. The first kappa shape index (κ1) is 28.4. The van der Waals surface area contributed by atoms with Crippen molar-refractivity contribution in [3.63, 3.8) is 0 Å². The molecule has 2 aromatic heterocycles. The zero-order chi connectivity index (χ0) is 27.9. The van der Waals surface area contributed by atoms with Gasteiger partial charge in [-0.1, -0.05) is 19.0 Å². The van der Waals surface area contributed by atoms with Gasteiger partial charge in [0, 0.05) is 49.8 Å². The number of carbonyl (C=O) groups excluding carboxylic acids is 2. The van der Waals surface area contributed by atoms with E-state index < -0.39 is 5.82 Å². The monoisotopic (exact) mass is 535 g/mol. The second kappa shape index (κ2) is 13.0. The van der Waals surface area contributed by atoms with E-state index >= 15 is 0 Å². The lowest BCUT2D eigenvalue weighted by Crippen LogP contribution is -2.40. The van der Waals surface area contributed by atoms with Gasteiger partial charge in [-0.3, -0.25) is 14.6 Å². The highest BCUT2D eigenvalue weighted by atomic mass is 19.1. The van der Waals surface area contributed by atoms with Crippen molar-refractivity contribution in [3.8, 4) is 0 Å². The van der Waals surface area contributed by atoms with Gasteiger partial charge in [0.15, 0.2) is 0 Å². The average Bonchev–Trinajstić information content (AvgIpc) is 3.22. The fourth-order valence-electron chi connectivity index (χ4n) is 5.18. The third-order valence-electron chi connectivity index (χ3n) is 7.09. The van der Waals surface area contributed by atoms with Gasteiger partial charge in [0.2, 0.25) is 5.91 Å². The van der Waals surface area contributed by atoms with Crippen molar-refractivity contribution in [1.82, 2.24) is 19.9 Å². The van der Waals surface area contributed by atoms with Crippen molar-refractivity contribution < 1.29 is 18.5 Å². The third kappa shape index (κ3) is 7.29. The first-order chi connectivity index (χ1) is 18.7. The van der Waals surface area contributed by atoms with Gasteiger partial charge < -0.3 is 19.2 Å². The van der Waals surface area contributed by atoms with Crippen molar-refractivity contribution in [2.75, 3.05) is 37.6 Å². The lowest BCUT2D eigenvalue weighted by molar-refractivity contribution is -0.131. The maximum absolute atomic E-state index is 14.6. The Balaban J connectivity index is 1.71. The Labute approximate surface area is 229 Å². The van der Waals surface area contributed by atoms with E-state index in [1.165, 1.54) is 12.1 Å². The van der Waals surface area contributed by atoms with Gasteiger partial charge in [-0.2, -0.15) is 0 Å². The highest BCUT2D eigenvalue weighted by molar-refractivity contribution is 6.06. The van der Waals surface area contributed by atoms with E-state index in [-0.39, 0.29) is 24.8 Å². The topological polar surface area (TPSA) is 82.8 Å². The average molecular weight is 536 g/mol. The van der Waals surface area contributed by atoms with Crippen molar-refractivity contribution >= 4 is 17.5 Å². The van der Waals surface area contributed by atoms with E-state index in [2.05, 4.69) is 28.9 Å². The minimum Gasteiger partial charge on any atom is -0.361 e. The molecule has 8 nitrogen and oxygen atoms in total. The van der Waals surface area contributed by atoms with Gasteiger partial charge in [0.1, 0.15) is 11.6 Å². The van der Waals surface area contributed by atoms with Crippen LogP contribution in [-0.4, -0.2) is 64.5 Å². The molecular weight excluding hydrogens is 497 g/mol. The molecule has 4 rings (SSSR count). The molecule has 2 amide bonds. The molecule has 0 saturated carbocycles. The van der Waals surface area contributed by atoms with Crippen LogP contribution in [-0.2, 0) is 17.8 Å². The molecule has 3 heterocycles. The Morgan fingerprint density at radius 3 is 2.51 bits per heavy atom. The Morgan fingerprint density at radius 1 is 1.08 bits per heavy atom. The van der Waals surface area contributed by atoms with Crippen LogP contribution in [0.1, 0.15) is 59.6 Å². The van der Waals surface area contributed by atoms with Crippen molar-refractivity contribution in [3.05, 3.63) is 76.7 Å². The van der Waals surface area contributed by atoms with E-state index in [1.54, 1.807) is 47.3 Å². The van der Waals surface area contributed by atoms with Gasteiger partial charge in [-0.05, 0) is 81.6 Å². The van der Waals surface area contributed by atoms with Gasteiger partial charge in [0.05, 0.1) is 17.7 Å². The Hall–Kier alpha value is -3.59. The van der Waals surface area contributed by atoms with Crippen LogP contribution in [0, 0.1) is 25.6 Å². The number of pyridine rings is 1. The highest BCUT2D eigenvalue weighted by Crippen LogP contribution is 2.27. The number of carbonyl (C=O) groups is 2. The summed E-state index contributed by atoms with van der Waals surface area (Å²) in [5, 5.41) is 3.99. The Kier molecular flexibility index (Phi) is 9.45. The predicted octanol–water partition coefficient (Wildman–Crippen LogP) is 4.80. The van der Waals surface area contributed by atoms with Crippen molar-refractivity contribution in [2.45, 2.75) is 53.5 Å². The zero-order valence-corrected chi connectivity index (χ0v) is 23.3. The lowest BCUT2D eigenvalue weighted by Gasteiger charge is -2.32. The molecule has 1 aliphatic heterocycles. The lowest BCUT2D eigenvalue weighted by atomic mass is 10.1. The summed E-state index contributed by atoms with van der Waals surface area (Å²) in [6, 6.07) is 7.92. The summed E-state index contributed by atoms with van der Waals surface area (Å²) >= 11 is 0. The van der Waals surface area contributed by atoms with Crippen LogP contribution in [0.15, 0.2) is 47.2 Å². The zero-order valence-electron chi connectivity index (χ0n) is 23.3. The van der Waals surface area contributed by atoms with E-state index in [4.69, 9.17) is 4.52 Å². The van der Waals surface area contributed by atoms with E-state index in [0.717, 1.165) is 38.0 Å². The molecule has 3 aromatic rings. The first-order valence-corrected chi connectivity index (χ1v) is 13.6. The summed E-state index contributed by atoms with van der Waals surface area (Å²) in [7, 11) is 0. The summed E-state index contributed by atoms with van der Waals surface area (Å²) in [5.74, 6) is 0.426. The highest BCUT2D eigenvalue weighted by Gasteiger charge is 2.25. The molecule has 0 atom stereocenters. The normalized spacial score (nSPS) is 15.5. The van der Waals surface area contributed by atoms with Gasteiger partial charge in [0.25, 0.3) is 5.91 Å². The second-order valence-electron chi connectivity index (χ2n) is 10.7. The van der Waals surface area contributed by atoms with Crippen LogP contribution in [0.3, 0.4) is 0 Å². The summed E-state index contributed by atoms with van der Waals surface area (Å²) in [5.41, 5.74) is 3.14. The minimum atomic E-state index is -0.407. The summed E-state index contributed by atoms with van der Waals surface area (Å²) in [6.45, 7) is 11.8. The molecule has 0 N–H and O–H groups in total. The Bertz CT molecular complexity index is 1260. The molecule has 0 unspecified atom stereocenters. The van der Waals surface area contributed by atoms with Gasteiger partial charge >= 0.3 is 0 Å². The quantitative estimate of drug-likeness (QED) is 0.467. The number of amides is 2. The third-order valence-corrected chi connectivity index (χ3v) is 7.09. The number of hydrogen-bond acceptors (Lipinski definition) is 6. The largest absolute Gasteiger partial charge is 0.361 e. The number of aryl methyl sites for hydroxylation is 2. The number of fused-ring (bicyclic) bond motifs is 1. The standard InChI is InChI=1S/C30H38FN5O3/c1-21(2)19-34-12-6-14-35(29(37)17-27-22(3)33-39-23(27)4)20-25-16-26(31)9-10-28(25)36(15-7-13-34)30(38)24-8-5-11-32-18-24/h5,8-11,16,18,21H,6-7,12-15,17,19-20H2,1-4H3. The maximum atomic E-state index is 14.6. The molecule has 1 aromatic carbocycles. The maximum Gasteiger partial charge on any atom is 0.259 e. The molecular formula is C30H38FN5O3. The first-order valence-electron chi connectivity index (χ1n) is 13.6. The molecule has 9 heteroatoms. The van der Waals surface area contributed by atoms with Gasteiger partial charge in [-0.15, -0.1) is 0 Å². The summed E-state index contributed by atoms with van der Waals surface area (Å²) in [6.07, 6.45) is 4.89. The fourth-order valence-corrected chi connectivity index (χ4v) is 5.18. The molecule has 0 saturated heterocycles. The van der Waals surface area contributed by atoms with Crippen LogP contribution in [0.2, 0.25) is 0 Å². The van der Waals surface area contributed by atoms with Crippen molar-refractivity contribution in [2.24, 2.45) is 5.92 Å². The van der Waals surface area contributed by atoms with Crippen LogP contribution >= 0.6 is 0 Å². The number of rotatable bonds is 5. The van der Waals surface area contributed by atoms with Crippen LogP contribution in [0.4, 0.5) is 10.1 Å². The van der Waals surface area contributed by atoms with E-state index in [1.807, 2.05) is 6.92 Å². The number of benzene rings is 1. The minimum absolute atomic E-state index is 0.0859. The summed E-state index contributed by atoms with van der Waals surface area (Å²) in [4.78, 5) is 37.3. The molecule has 0 spiro atoms.